The van der Waals surface area contributed by atoms with Crippen molar-refractivity contribution in [2.45, 2.75) is 6.92 Å². The summed E-state index contributed by atoms with van der Waals surface area (Å²) >= 11 is 6.50. The van der Waals surface area contributed by atoms with E-state index < -0.39 is 0 Å². The predicted molar refractivity (Wildman–Crippen MR) is 91.7 cm³/mol. The maximum absolute atomic E-state index is 12.3. The summed E-state index contributed by atoms with van der Waals surface area (Å²) in [5.74, 6) is 1.65. The van der Waals surface area contributed by atoms with Gasteiger partial charge in [-0.25, -0.2) is 0 Å². The van der Waals surface area contributed by atoms with Crippen LogP contribution >= 0.6 is 24.0 Å². The van der Waals surface area contributed by atoms with Gasteiger partial charge < -0.3 is 14.2 Å². The molecule has 2 rings (SSSR count). The van der Waals surface area contributed by atoms with Crippen molar-refractivity contribution >= 4 is 40.3 Å². The quantitative estimate of drug-likeness (QED) is 0.607. The zero-order valence-corrected chi connectivity index (χ0v) is 14.5. The van der Waals surface area contributed by atoms with E-state index in [0.717, 1.165) is 5.56 Å². The van der Waals surface area contributed by atoms with Gasteiger partial charge in [0.1, 0.15) is 10.1 Å². The number of ether oxygens (including phenoxy) is 3. The molecule has 0 aromatic heterocycles. The lowest BCUT2D eigenvalue weighted by molar-refractivity contribution is -0.121. The third-order valence-corrected chi connectivity index (χ3v) is 4.59. The average molecular weight is 339 g/mol. The number of hydrogen-bond acceptors (Lipinski definition) is 6. The van der Waals surface area contributed by atoms with Crippen molar-refractivity contribution in [1.29, 1.82) is 0 Å². The van der Waals surface area contributed by atoms with Gasteiger partial charge in [0.25, 0.3) is 5.91 Å². The van der Waals surface area contributed by atoms with Crippen LogP contribution in [0.2, 0.25) is 0 Å². The average Bonchev–Trinajstić information content (AvgIpc) is 2.80. The molecule has 1 saturated heterocycles. The maximum atomic E-state index is 12.3. The van der Waals surface area contributed by atoms with Gasteiger partial charge in [-0.2, -0.15) is 0 Å². The molecule has 7 heteroatoms. The molecule has 0 bridgehead atoms. The van der Waals surface area contributed by atoms with Crippen molar-refractivity contribution in [2.24, 2.45) is 0 Å². The summed E-state index contributed by atoms with van der Waals surface area (Å²) in [4.78, 5) is 14.4. The largest absolute Gasteiger partial charge is 0.496 e. The molecular formula is C15H17NO4S2. The Kier molecular flexibility index (Phi) is 5.31. The van der Waals surface area contributed by atoms with E-state index in [1.807, 2.05) is 6.92 Å². The molecule has 118 valence electrons. The van der Waals surface area contributed by atoms with Gasteiger partial charge in [0.2, 0.25) is 0 Å². The summed E-state index contributed by atoms with van der Waals surface area (Å²) in [5, 5.41) is 0. The lowest BCUT2D eigenvalue weighted by Gasteiger charge is -2.12. The van der Waals surface area contributed by atoms with Crippen LogP contribution in [0.5, 0.6) is 17.2 Å². The number of rotatable bonds is 5. The summed E-state index contributed by atoms with van der Waals surface area (Å²) in [7, 11) is 4.68. The highest BCUT2D eigenvalue weighted by atomic mass is 32.2. The minimum Gasteiger partial charge on any atom is -0.496 e. The number of hydrogen-bond donors (Lipinski definition) is 0. The highest BCUT2D eigenvalue weighted by Crippen LogP contribution is 2.38. The van der Waals surface area contributed by atoms with Crippen LogP contribution in [0.25, 0.3) is 6.08 Å². The van der Waals surface area contributed by atoms with Gasteiger partial charge >= 0.3 is 0 Å². The number of likely N-dealkylation sites (N-methyl/N-ethyl adjacent to an activating group) is 1. The number of thioether (sulfide) groups is 1. The summed E-state index contributed by atoms with van der Waals surface area (Å²) < 4.78 is 16.5. The Balaban J connectivity index is 2.47. The third kappa shape index (κ3) is 3.05. The first-order chi connectivity index (χ1) is 10.5. The molecule has 0 saturated carbocycles. The molecule has 1 aliphatic heterocycles. The molecule has 0 radical (unpaired) electrons. The van der Waals surface area contributed by atoms with E-state index in [-0.39, 0.29) is 5.91 Å². The Morgan fingerprint density at radius 3 is 2.23 bits per heavy atom. The first-order valence-corrected chi connectivity index (χ1v) is 7.83. The van der Waals surface area contributed by atoms with E-state index in [1.54, 1.807) is 44.4 Å². The van der Waals surface area contributed by atoms with Gasteiger partial charge in [-0.1, -0.05) is 24.0 Å². The van der Waals surface area contributed by atoms with E-state index in [0.29, 0.717) is 33.0 Å². The number of thiocarbonyl (C=S) groups is 1. The van der Waals surface area contributed by atoms with Crippen LogP contribution in [0.3, 0.4) is 0 Å². The second-order valence-corrected chi connectivity index (χ2v) is 6.05. The third-order valence-electron chi connectivity index (χ3n) is 3.21. The van der Waals surface area contributed by atoms with Crippen LogP contribution in [0.1, 0.15) is 12.5 Å². The van der Waals surface area contributed by atoms with E-state index in [1.165, 1.54) is 11.8 Å². The van der Waals surface area contributed by atoms with Crippen molar-refractivity contribution in [3.8, 4) is 17.2 Å². The van der Waals surface area contributed by atoms with Gasteiger partial charge in [-0.05, 0) is 19.1 Å². The standard InChI is InChI=1S/C15H17NO4S2/c1-5-16-14(17)13(22-15(16)21)7-9-6-11(19-3)12(20-4)8-10(9)18-2/h6-8H,5H2,1-4H3/b13-7-. The molecule has 0 atom stereocenters. The maximum Gasteiger partial charge on any atom is 0.266 e. The topological polar surface area (TPSA) is 48.0 Å². The second-order valence-electron chi connectivity index (χ2n) is 4.38. The number of carbonyl (C=O) groups is 1. The molecule has 1 amide bonds. The Labute approximate surface area is 139 Å². The molecule has 1 fully saturated rings. The SMILES string of the molecule is CCN1C(=O)/C(=C/c2cc(OC)c(OC)cc2OC)SC1=S. The van der Waals surface area contributed by atoms with E-state index in [9.17, 15) is 4.79 Å². The molecular weight excluding hydrogens is 322 g/mol. The lowest BCUT2D eigenvalue weighted by Crippen LogP contribution is -2.27. The van der Waals surface area contributed by atoms with Crippen molar-refractivity contribution in [3.05, 3.63) is 22.6 Å². The van der Waals surface area contributed by atoms with Crippen molar-refractivity contribution in [2.75, 3.05) is 27.9 Å². The molecule has 1 heterocycles. The van der Waals surface area contributed by atoms with Gasteiger partial charge in [-0.15, -0.1) is 0 Å². The van der Waals surface area contributed by atoms with Gasteiger partial charge in [0, 0.05) is 18.2 Å². The predicted octanol–water partition coefficient (Wildman–Crippen LogP) is 2.93. The fraction of sp³-hybridized carbons (Fsp3) is 0.333. The Hall–Kier alpha value is -1.73. The highest BCUT2D eigenvalue weighted by molar-refractivity contribution is 8.26. The molecule has 22 heavy (non-hydrogen) atoms. The zero-order valence-electron chi connectivity index (χ0n) is 12.8. The van der Waals surface area contributed by atoms with Crippen molar-refractivity contribution < 1.29 is 19.0 Å². The van der Waals surface area contributed by atoms with Crippen LogP contribution in [-0.4, -0.2) is 43.0 Å². The van der Waals surface area contributed by atoms with Crippen LogP contribution in [-0.2, 0) is 4.79 Å². The molecule has 0 N–H and O–H groups in total. The summed E-state index contributed by atoms with van der Waals surface area (Å²) in [6, 6.07) is 3.50. The van der Waals surface area contributed by atoms with Crippen molar-refractivity contribution in [1.82, 2.24) is 4.90 Å². The first-order valence-electron chi connectivity index (χ1n) is 6.61. The van der Waals surface area contributed by atoms with Gasteiger partial charge in [0.15, 0.2) is 11.5 Å². The lowest BCUT2D eigenvalue weighted by atomic mass is 10.1. The minimum atomic E-state index is -0.0886. The second kappa shape index (κ2) is 7.02. The monoisotopic (exact) mass is 339 g/mol. The van der Waals surface area contributed by atoms with E-state index >= 15 is 0 Å². The first kappa shape index (κ1) is 16.6. The summed E-state index contributed by atoms with van der Waals surface area (Å²) in [6.45, 7) is 2.45. The number of amides is 1. The smallest absolute Gasteiger partial charge is 0.266 e. The number of methoxy groups -OCH3 is 3. The van der Waals surface area contributed by atoms with Crippen LogP contribution in [0, 0.1) is 0 Å². The molecule has 0 spiro atoms. The Morgan fingerprint density at radius 1 is 1.14 bits per heavy atom. The molecule has 1 aliphatic rings. The number of benzene rings is 1. The van der Waals surface area contributed by atoms with Crippen molar-refractivity contribution in [3.63, 3.8) is 0 Å². The fourth-order valence-electron chi connectivity index (χ4n) is 2.08. The fourth-order valence-corrected chi connectivity index (χ4v) is 3.45. The number of nitrogens with zero attached hydrogens (tertiary/aromatic N) is 1. The highest BCUT2D eigenvalue weighted by Gasteiger charge is 2.31. The summed E-state index contributed by atoms with van der Waals surface area (Å²) in [5.41, 5.74) is 0.733. The van der Waals surface area contributed by atoms with Crippen LogP contribution in [0.15, 0.2) is 17.0 Å². The minimum absolute atomic E-state index is 0.0886. The molecule has 0 aliphatic carbocycles. The molecule has 5 nitrogen and oxygen atoms in total. The number of carbonyl (C=O) groups excluding carboxylic acids is 1. The summed E-state index contributed by atoms with van der Waals surface area (Å²) in [6.07, 6.45) is 1.76. The van der Waals surface area contributed by atoms with Crippen LogP contribution < -0.4 is 14.2 Å². The van der Waals surface area contributed by atoms with Gasteiger partial charge in [0.05, 0.1) is 26.2 Å². The van der Waals surface area contributed by atoms with E-state index in [4.69, 9.17) is 26.4 Å². The Morgan fingerprint density at radius 2 is 1.73 bits per heavy atom. The molecule has 1 aromatic carbocycles. The Bertz CT molecular complexity index is 643. The van der Waals surface area contributed by atoms with E-state index in [2.05, 4.69) is 0 Å². The zero-order chi connectivity index (χ0) is 16.3. The van der Waals surface area contributed by atoms with Crippen LogP contribution in [0.4, 0.5) is 0 Å². The van der Waals surface area contributed by atoms with Gasteiger partial charge in [-0.3, -0.25) is 9.69 Å². The molecule has 1 aromatic rings. The normalized spacial score (nSPS) is 16.4. The molecule has 0 unspecified atom stereocenters.